The summed E-state index contributed by atoms with van der Waals surface area (Å²) in [5.74, 6) is 0.0632. The highest BCUT2D eigenvalue weighted by molar-refractivity contribution is 5.84. The molecule has 0 saturated heterocycles. The molecule has 0 saturated carbocycles. The Morgan fingerprint density at radius 2 is 1.82 bits per heavy atom. The van der Waals surface area contributed by atoms with E-state index in [4.69, 9.17) is 11.5 Å². The van der Waals surface area contributed by atoms with Gasteiger partial charge in [0.15, 0.2) is 17.1 Å². The number of aryl methyl sites for hydroxylation is 2. The van der Waals surface area contributed by atoms with Gasteiger partial charge in [0.1, 0.15) is 0 Å². The van der Waals surface area contributed by atoms with Crippen LogP contribution >= 0.6 is 0 Å². The fourth-order valence-electron chi connectivity index (χ4n) is 2.87. The molecule has 3 aromatic rings. The topological polar surface area (TPSA) is 157 Å². The summed E-state index contributed by atoms with van der Waals surface area (Å²) in [4.78, 5) is 40.5. The number of nitrogens with zero attached hydrogens (tertiary/aromatic N) is 4. The van der Waals surface area contributed by atoms with Gasteiger partial charge in [0.05, 0.1) is 11.0 Å². The summed E-state index contributed by atoms with van der Waals surface area (Å²) in [5, 5.41) is 3.15. The van der Waals surface area contributed by atoms with Gasteiger partial charge in [0.25, 0.3) is 5.56 Å². The van der Waals surface area contributed by atoms with Crippen molar-refractivity contribution in [2.24, 2.45) is 16.5 Å². The van der Waals surface area contributed by atoms with Crippen LogP contribution in [0, 0.1) is 13.8 Å². The van der Waals surface area contributed by atoms with Crippen molar-refractivity contribution in [3.05, 3.63) is 44.1 Å². The summed E-state index contributed by atoms with van der Waals surface area (Å²) in [6.07, 6.45) is 0.747. The van der Waals surface area contributed by atoms with E-state index in [1.165, 1.54) is 0 Å². The average molecular weight is 384 g/mol. The highest BCUT2D eigenvalue weighted by atomic mass is 16.2. The predicted molar refractivity (Wildman–Crippen MR) is 110 cm³/mol. The van der Waals surface area contributed by atoms with Gasteiger partial charge in [-0.15, -0.1) is 0 Å². The van der Waals surface area contributed by atoms with Gasteiger partial charge in [0.2, 0.25) is 0 Å². The summed E-state index contributed by atoms with van der Waals surface area (Å²) >= 11 is 0. The molecular weight excluding hydrogens is 360 g/mol. The molecule has 2 heterocycles. The molecule has 0 aliphatic heterocycles. The van der Waals surface area contributed by atoms with E-state index in [2.05, 4.69) is 25.3 Å². The zero-order valence-electron chi connectivity index (χ0n) is 16.0. The van der Waals surface area contributed by atoms with Gasteiger partial charge >= 0.3 is 5.69 Å². The monoisotopic (exact) mass is 384 g/mol. The molecule has 0 spiro atoms. The minimum Gasteiger partial charge on any atom is -0.370 e. The first-order valence-electron chi connectivity index (χ1n) is 9.05. The number of aromatic nitrogens is 4. The first-order valence-corrected chi connectivity index (χ1v) is 9.05. The van der Waals surface area contributed by atoms with E-state index in [1.54, 1.807) is 0 Å². The van der Waals surface area contributed by atoms with Gasteiger partial charge in [-0.3, -0.25) is 19.3 Å². The molecule has 10 heteroatoms. The van der Waals surface area contributed by atoms with Crippen molar-refractivity contribution in [3.8, 4) is 0 Å². The van der Waals surface area contributed by atoms with Crippen LogP contribution in [0.5, 0.6) is 0 Å². The number of aromatic amines is 1. The van der Waals surface area contributed by atoms with Gasteiger partial charge < -0.3 is 16.8 Å². The summed E-state index contributed by atoms with van der Waals surface area (Å²) in [5.41, 5.74) is 13.3. The summed E-state index contributed by atoms with van der Waals surface area (Å²) < 4.78 is 1.13. The Morgan fingerprint density at radius 1 is 1.14 bits per heavy atom. The van der Waals surface area contributed by atoms with E-state index in [0.717, 1.165) is 22.1 Å². The molecule has 10 nitrogen and oxygen atoms in total. The van der Waals surface area contributed by atoms with Crippen molar-refractivity contribution in [1.29, 1.82) is 0 Å². The summed E-state index contributed by atoms with van der Waals surface area (Å²) in [6, 6.07) is 3.79. The van der Waals surface area contributed by atoms with Crippen molar-refractivity contribution >= 4 is 28.2 Å². The number of guanidine groups is 1. The number of rotatable bonds is 7. The molecule has 2 aromatic heterocycles. The zero-order valence-corrected chi connectivity index (χ0v) is 16.0. The standard InChI is InChI=1S/C18H24N8O2/c1-10-8-12-13(9-11(10)2)24-15-14(23-12)16(27)26(18(28)25-15)7-6-21-4-3-5-22-17(19)20/h8-9,21H,3-7H2,1-2H3,(H4,19,20,22)(H,24,25,28). The molecule has 0 amide bonds. The molecule has 3 rings (SSSR count). The fraction of sp³-hybridized carbons (Fsp3) is 0.389. The number of fused-ring (bicyclic) bond motifs is 2. The quantitative estimate of drug-likeness (QED) is 0.185. The van der Waals surface area contributed by atoms with Crippen LogP contribution in [0.2, 0.25) is 0 Å². The van der Waals surface area contributed by atoms with Crippen LogP contribution in [0.1, 0.15) is 17.5 Å². The molecule has 0 aliphatic carbocycles. The van der Waals surface area contributed by atoms with Crippen molar-refractivity contribution in [1.82, 2.24) is 24.8 Å². The number of nitrogens with one attached hydrogen (secondary N) is 2. The summed E-state index contributed by atoms with van der Waals surface area (Å²) in [7, 11) is 0. The van der Waals surface area contributed by atoms with Crippen LogP contribution in [-0.2, 0) is 6.54 Å². The van der Waals surface area contributed by atoms with Crippen molar-refractivity contribution in [2.45, 2.75) is 26.8 Å². The normalized spacial score (nSPS) is 11.2. The smallest absolute Gasteiger partial charge is 0.330 e. The lowest BCUT2D eigenvalue weighted by Crippen LogP contribution is -2.38. The lowest BCUT2D eigenvalue weighted by atomic mass is 10.1. The average Bonchev–Trinajstić information content (AvgIpc) is 2.63. The Kier molecular flexibility index (Phi) is 5.69. The number of nitrogens with two attached hydrogens (primary N) is 2. The molecule has 0 aliphatic rings. The first-order chi connectivity index (χ1) is 13.4. The molecule has 0 atom stereocenters. The lowest BCUT2D eigenvalue weighted by molar-refractivity contribution is 0.560. The number of aliphatic imine (C=N–C) groups is 1. The van der Waals surface area contributed by atoms with Crippen molar-refractivity contribution in [2.75, 3.05) is 19.6 Å². The molecule has 0 fully saturated rings. The highest BCUT2D eigenvalue weighted by Gasteiger charge is 2.12. The highest BCUT2D eigenvalue weighted by Crippen LogP contribution is 2.17. The van der Waals surface area contributed by atoms with Crippen LogP contribution in [0.15, 0.2) is 26.7 Å². The van der Waals surface area contributed by atoms with E-state index >= 15 is 0 Å². The minimum absolute atomic E-state index is 0.0632. The van der Waals surface area contributed by atoms with Gasteiger partial charge in [-0.25, -0.2) is 14.8 Å². The third kappa shape index (κ3) is 4.17. The minimum atomic E-state index is -0.503. The Labute approximate surface area is 160 Å². The van der Waals surface area contributed by atoms with E-state index in [0.29, 0.717) is 30.7 Å². The summed E-state index contributed by atoms with van der Waals surface area (Å²) in [6.45, 7) is 5.82. The second-order valence-corrected chi connectivity index (χ2v) is 6.64. The van der Waals surface area contributed by atoms with Crippen LogP contribution in [0.25, 0.3) is 22.2 Å². The lowest BCUT2D eigenvalue weighted by Gasteiger charge is -2.08. The second-order valence-electron chi connectivity index (χ2n) is 6.64. The zero-order chi connectivity index (χ0) is 20.3. The molecule has 0 radical (unpaired) electrons. The van der Waals surface area contributed by atoms with Gasteiger partial charge in [0, 0.05) is 19.6 Å². The first kappa shape index (κ1) is 19.5. The molecule has 6 N–H and O–H groups in total. The second kappa shape index (κ2) is 8.17. The van der Waals surface area contributed by atoms with Gasteiger partial charge in [-0.2, -0.15) is 0 Å². The molecular formula is C18H24N8O2. The molecule has 0 unspecified atom stereocenters. The molecule has 1 aromatic carbocycles. The molecule has 0 bridgehead atoms. The number of hydrogen-bond donors (Lipinski definition) is 4. The van der Waals surface area contributed by atoms with Crippen molar-refractivity contribution < 1.29 is 0 Å². The third-order valence-corrected chi connectivity index (χ3v) is 4.52. The Balaban J connectivity index is 1.81. The van der Waals surface area contributed by atoms with Crippen molar-refractivity contribution in [3.63, 3.8) is 0 Å². The maximum Gasteiger partial charge on any atom is 0.330 e. The maximum atomic E-state index is 12.8. The van der Waals surface area contributed by atoms with Crippen LogP contribution in [0.4, 0.5) is 0 Å². The number of benzene rings is 1. The van der Waals surface area contributed by atoms with E-state index < -0.39 is 11.2 Å². The Hall–Kier alpha value is -3.27. The predicted octanol–water partition coefficient (Wildman–Crippen LogP) is -0.497. The largest absolute Gasteiger partial charge is 0.370 e. The van der Waals surface area contributed by atoms with Crippen LogP contribution in [-0.4, -0.2) is 45.1 Å². The van der Waals surface area contributed by atoms with Gasteiger partial charge in [-0.05, 0) is 50.1 Å². The van der Waals surface area contributed by atoms with E-state index in [1.807, 2.05) is 26.0 Å². The van der Waals surface area contributed by atoms with Gasteiger partial charge in [-0.1, -0.05) is 0 Å². The molecule has 148 valence electrons. The van der Waals surface area contributed by atoms with E-state index in [9.17, 15) is 9.59 Å². The number of hydrogen-bond acceptors (Lipinski definition) is 6. The SMILES string of the molecule is Cc1cc2nc3[nH]c(=O)n(CCNCCCN=C(N)N)c(=O)c3nc2cc1C. The van der Waals surface area contributed by atoms with Crippen LogP contribution < -0.4 is 28.0 Å². The number of H-pyrrole nitrogens is 1. The van der Waals surface area contributed by atoms with E-state index in [-0.39, 0.29) is 23.7 Å². The fourth-order valence-corrected chi connectivity index (χ4v) is 2.87. The molecule has 28 heavy (non-hydrogen) atoms. The Bertz CT molecular complexity index is 1160. The maximum absolute atomic E-state index is 12.8. The van der Waals surface area contributed by atoms with Crippen LogP contribution in [0.3, 0.4) is 0 Å². The third-order valence-electron chi connectivity index (χ3n) is 4.52. The Morgan fingerprint density at radius 3 is 2.50 bits per heavy atom.